The molecule has 3 rings (SSSR count). The van der Waals surface area contributed by atoms with Gasteiger partial charge in [-0.15, -0.1) is 0 Å². The van der Waals surface area contributed by atoms with Crippen molar-refractivity contribution in [2.75, 3.05) is 46.4 Å². The van der Waals surface area contributed by atoms with Crippen LogP contribution in [0.15, 0.2) is 29.1 Å². The van der Waals surface area contributed by atoms with Gasteiger partial charge < -0.3 is 29.6 Å². The molecular weight excluding hydrogens is 424 g/mol. The van der Waals surface area contributed by atoms with E-state index in [1.54, 1.807) is 7.11 Å². The van der Waals surface area contributed by atoms with Crippen LogP contribution in [-0.2, 0) is 11.3 Å². The van der Waals surface area contributed by atoms with Crippen molar-refractivity contribution < 1.29 is 9.47 Å². The SMILES string of the molecule is CCN(CC)CCCN(Cc1cc2ccc(OC)cc2[nH]c1=O)C(=S)NC[C@@H]1CCCO1. The van der Waals surface area contributed by atoms with Crippen LogP contribution in [0, 0.1) is 0 Å². The molecule has 1 aromatic heterocycles. The molecule has 1 saturated heterocycles. The normalized spacial score (nSPS) is 15.9. The molecule has 0 aliphatic carbocycles. The smallest absolute Gasteiger partial charge is 0.253 e. The molecule has 0 spiro atoms. The van der Waals surface area contributed by atoms with E-state index < -0.39 is 0 Å². The number of hydrogen-bond acceptors (Lipinski definition) is 5. The summed E-state index contributed by atoms with van der Waals surface area (Å²) >= 11 is 5.73. The quantitative estimate of drug-likeness (QED) is 0.499. The number of benzene rings is 1. The van der Waals surface area contributed by atoms with E-state index in [1.165, 1.54) is 0 Å². The average Bonchev–Trinajstić information content (AvgIpc) is 3.33. The highest BCUT2D eigenvalue weighted by Crippen LogP contribution is 2.19. The molecule has 32 heavy (non-hydrogen) atoms. The van der Waals surface area contributed by atoms with Crippen molar-refractivity contribution in [2.24, 2.45) is 0 Å². The van der Waals surface area contributed by atoms with Crippen LogP contribution in [0.25, 0.3) is 10.9 Å². The summed E-state index contributed by atoms with van der Waals surface area (Å²) in [6.07, 6.45) is 3.35. The van der Waals surface area contributed by atoms with Gasteiger partial charge in [-0.1, -0.05) is 13.8 Å². The lowest BCUT2D eigenvalue weighted by Crippen LogP contribution is -2.44. The Kier molecular flexibility index (Phi) is 9.32. The number of pyridine rings is 1. The van der Waals surface area contributed by atoms with E-state index in [4.69, 9.17) is 21.7 Å². The summed E-state index contributed by atoms with van der Waals surface area (Å²) < 4.78 is 11.0. The van der Waals surface area contributed by atoms with Gasteiger partial charge in [-0.25, -0.2) is 0 Å². The van der Waals surface area contributed by atoms with E-state index in [9.17, 15) is 4.79 Å². The van der Waals surface area contributed by atoms with Gasteiger partial charge in [0, 0.05) is 31.3 Å². The number of hydrogen-bond donors (Lipinski definition) is 2. The fourth-order valence-corrected chi connectivity index (χ4v) is 4.31. The van der Waals surface area contributed by atoms with Crippen molar-refractivity contribution in [1.82, 2.24) is 20.1 Å². The molecule has 2 N–H and O–H groups in total. The third-order valence-corrected chi connectivity index (χ3v) is 6.48. The lowest BCUT2D eigenvalue weighted by Gasteiger charge is -2.28. The van der Waals surface area contributed by atoms with Crippen LogP contribution < -0.4 is 15.6 Å². The number of methoxy groups -OCH3 is 1. The lowest BCUT2D eigenvalue weighted by molar-refractivity contribution is 0.113. The highest BCUT2D eigenvalue weighted by molar-refractivity contribution is 7.80. The maximum atomic E-state index is 12.8. The summed E-state index contributed by atoms with van der Waals surface area (Å²) in [5, 5.41) is 5.02. The molecule has 0 bridgehead atoms. The van der Waals surface area contributed by atoms with Crippen LogP contribution in [0.3, 0.4) is 0 Å². The summed E-state index contributed by atoms with van der Waals surface area (Å²) in [5.41, 5.74) is 1.37. The fourth-order valence-electron chi connectivity index (χ4n) is 4.07. The van der Waals surface area contributed by atoms with Gasteiger partial charge in [0.25, 0.3) is 5.56 Å². The topological polar surface area (TPSA) is 69.8 Å². The summed E-state index contributed by atoms with van der Waals surface area (Å²) in [5.74, 6) is 0.721. The summed E-state index contributed by atoms with van der Waals surface area (Å²) in [7, 11) is 1.62. The Bertz CT molecular complexity index is 938. The minimum absolute atomic E-state index is 0.0959. The first-order valence-electron chi connectivity index (χ1n) is 11.6. The molecule has 1 aromatic carbocycles. The third-order valence-electron chi connectivity index (χ3n) is 6.08. The van der Waals surface area contributed by atoms with Gasteiger partial charge in [0.05, 0.1) is 25.3 Å². The highest BCUT2D eigenvalue weighted by atomic mass is 32.1. The van der Waals surface area contributed by atoms with Crippen molar-refractivity contribution in [2.45, 2.75) is 45.8 Å². The number of fused-ring (bicyclic) bond motifs is 1. The zero-order valence-electron chi connectivity index (χ0n) is 19.5. The lowest BCUT2D eigenvalue weighted by atomic mass is 10.1. The molecule has 8 heteroatoms. The predicted molar refractivity (Wildman–Crippen MR) is 134 cm³/mol. The first kappa shape index (κ1) is 24.5. The van der Waals surface area contributed by atoms with Gasteiger partial charge in [-0.3, -0.25) is 4.79 Å². The largest absolute Gasteiger partial charge is 0.497 e. The van der Waals surface area contributed by atoms with Crippen LogP contribution in [0.1, 0.15) is 38.7 Å². The molecule has 1 fully saturated rings. The second kappa shape index (κ2) is 12.2. The molecule has 0 saturated carbocycles. The van der Waals surface area contributed by atoms with Crippen LogP contribution >= 0.6 is 12.2 Å². The number of ether oxygens (including phenoxy) is 2. The van der Waals surface area contributed by atoms with E-state index >= 15 is 0 Å². The molecule has 1 aliphatic heterocycles. The number of thiocarbonyl (C=S) groups is 1. The van der Waals surface area contributed by atoms with E-state index in [0.29, 0.717) is 23.8 Å². The fraction of sp³-hybridized carbons (Fsp3) is 0.583. The molecule has 7 nitrogen and oxygen atoms in total. The second-order valence-corrected chi connectivity index (χ2v) is 8.59. The number of nitrogens with zero attached hydrogens (tertiary/aromatic N) is 2. The molecule has 0 unspecified atom stereocenters. The zero-order chi connectivity index (χ0) is 22.9. The van der Waals surface area contributed by atoms with Crippen LogP contribution in [0.5, 0.6) is 5.75 Å². The number of rotatable bonds is 11. The zero-order valence-corrected chi connectivity index (χ0v) is 20.3. The van der Waals surface area contributed by atoms with Crippen LogP contribution in [-0.4, -0.2) is 72.4 Å². The number of H-pyrrole nitrogens is 1. The van der Waals surface area contributed by atoms with Gasteiger partial charge in [-0.2, -0.15) is 0 Å². The standard InChI is InChI=1S/C24H36N4O3S/c1-4-27(5-2)11-7-12-28(24(32)25-16-21-8-6-13-31-21)17-19-14-18-9-10-20(30-3)15-22(18)26-23(19)29/h9-10,14-15,21H,4-8,11-13,16-17H2,1-3H3,(H,25,32)(H,26,29)/t21-/m0/s1. The third kappa shape index (κ3) is 6.67. The number of nitrogens with one attached hydrogen (secondary N) is 2. The summed E-state index contributed by atoms with van der Waals surface area (Å²) in [6, 6.07) is 7.66. The molecule has 0 radical (unpaired) electrons. The van der Waals surface area contributed by atoms with E-state index in [0.717, 1.165) is 68.7 Å². The second-order valence-electron chi connectivity index (χ2n) is 8.20. The molecule has 1 atom stereocenters. The Labute approximate surface area is 196 Å². The predicted octanol–water partition coefficient (Wildman–Crippen LogP) is 3.12. The highest BCUT2D eigenvalue weighted by Gasteiger charge is 2.18. The minimum atomic E-state index is -0.0959. The van der Waals surface area contributed by atoms with Gasteiger partial charge in [0.2, 0.25) is 0 Å². The first-order valence-corrected chi connectivity index (χ1v) is 12.0. The van der Waals surface area contributed by atoms with Crippen molar-refractivity contribution in [1.29, 1.82) is 0 Å². The molecule has 0 amide bonds. The summed E-state index contributed by atoms with van der Waals surface area (Å²) in [4.78, 5) is 20.3. The van der Waals surface area contributed by atoms with E-state index in [2.05, 4.69) is 33.9 Å². The maximum absolute atomic E-state index is 12.8. The number of aromatic nitrogens is 1. The Hall–Kier alpha value is -2.16. The Morgan fingerprint density at radius 2 is 2.09 bits per heavy atom. The molecule has 2 heterocycles. The van der Waals surface area contributed by atoms with Gasteiger partial charge in [0.15, 0.2) is 5.11 Å². The minimum Gasteiger partial charge on any atom is -0.497 e. The van der Waals surface area contributed by atoms with Crippen molar-refractivity contribution in [3.8, 4) is 5.75 Å². The Morgan fingerprint density at radius 3 is 2.78 bits per heavy atom. The maximum Gasteiger partial charge on any atom is 0.253 e. The van der Waals surface area contributed by atoms with Crippen LogP contribution in [0.4, 0.5) is 0 Å². The van der Waals surface area contributed by atoms with Crippen LogP contribution in [0.2, 0.25) is 0 Å². The first-order chi connectivity index (χ1) is 15.5. The number of aromatic amines is 1. The Morgan fingerprint density at radius 1 is 1.28 bits per heavy atom. The summed E-state index contributed by atoms with van der Waals surface area (Å²) in [6.45, 7) is 10.2. The van der Waals surface area contributed by atoms with E-state index in [1.807, 2.05) is 24.3 Å². The molecule has 176 valence electrons. The van der Waals surface area contributed by atoms with Gasteiger partial charge in [-0.05, 0) is 74.7 Å². The molecular formula is C24H36N4O3S. The van der Waals surface area contributed by atoms with Crippen molar-refractivity contribution in [3.63, 3.8) is 0 Å². The van der Waals surface area contributed by atoms with Crippen molar-refractivity contribution in [3.05, 3.63) is 40.2 Å². The Balaban J connectivity index is 1.73. The molecule has 1 aliphatic rings. The molecule has 2 aromatic rings. The van der Waals surface area contributed by atoms with Gasteiger partial charge >= 0.3 is 0 Å². The average molecular weight is 461 g/mol. The monoisotopic (exact) mass is 460 g/mol. The van der Waals surface area contributed by atoms with Crippen molar-refractivity contribution >= 4 is 28.2 Å². The van der Waals surface area contributed by atoms with Gasteiger partial charge in [0.1, 0.15) is 5.75 Å². The van der Waals surface area contributed by atoms with E-state index in [-0.39, 0.29) is 11.7 Å².